The van der Waals surface area contributed by atoms with Gasteiger partial charge in [0, 0.05) is 17.1 Å². The fourth-order valence-electron chi connectivity index (χ4n) is 1.97. The summed E-state index contributed by atoms with van der Waals surface area (Å²) in [6.45, 7) is 0. The number of nitrogens with zero attached hydrogens (tertiary/aromatic N) is 2. The quantitative estimate of drug-likeness (QED) is 0.823. The van der Waals surface area contributed by atoms with Gasteiger partial charge in [-0.15, -0.1) is 5.10 Å². The predicted octanol–water partition coefficient (Wildman–Crippen LogP) is 1.46. The summed E-state index contributed by atoms with van der Waals surface area (Å²) in [7, 11) is 1.32. The normalized spacial score (nSPS) is 18.5. The summed E-state index contributed by atoms with van der Waals surface area (Å²) in [6.07, 6.45) is 5.63. The van der Waals surface area contributed by atoms with Gasteiger partial charge < -0.3 is 0 Å². The first-order valence-corrected chi connectivity index (χ1v) is 7.22. The SMILES string of the molecule is O=S(=O)(Cl)c1n[nH]c(CC2CCCC2)n1. The zero-order chi connectivity index (χ0) is 10.9. The van der Waals surface area contributed by atoms with Crippen molar-refractivity contribution in [1.29, 1.82) is 0 Å². The molecule has 0 aliphatic heterocycles. The van der Waals surface area contributed by atoms with Crippen LogP contribution < -0.4 is 0 Å². The molecule has 1 aliphatic carbocycles. The molecule has 2 rings (SSSR count). The van der Waals surface area contributed by atoms with Crippen LogP contribution in [0.15, 0.2) is 5.16 Å². The molecule has 5 nitrogen and oxygen atoms in total. The fraction of sp³-hybridized carbons (Fsp3) is 0.750. The Morgan fingerprint density at radius 3 is 2.60 bits per heavy atom. The highest BCUT2D eigenvalue weighted by atomic mass is 35.7. The molecule has 0 bridgehead atoms. The third-order valence-corrected chi connectivity index (χ3v) is 3.72. The van der Waals surface area contributed by atoms with E-state index < -0.39 is 9.05 Å². The molecule has 1 aliphatic rings. The van der Waals surface area contributed by atoms with E-state index in [2.05, 4.69) is 15.2 Å². The minimum absolute atomic E-state index is 0.322. The van der Waals surface area contributed by atoms with Gasteiger partial charge in [0.15, 0.2) is 0 Å². The highest BCUT2D eigenvalue weighted by Gasteiger charge is 2.20. The van der Waals surface area contributed by atoms with Crippen molar-refractivity contribution in [3.05, 3.63) is 5.82 Å². The van der Waals surface area contributed by atoms with Crippen LogP contribution >= 0.6 is 10.7 Å². The van der Waals surface area contributed by atoms with Crippen LogP contribution in [0, 0.1) is 5.92 Å². The molecule has 0 atom stereocenters. The number of hydrogen-bond acceptors (Lipinski definition) is 4. The molecule has 15 heavy (non-hydrogen) atoms. The molecule has 0 saturated heterocycles. The van der Waals surface area contributed by atoms with Crippen molar-refractivity contribution in [1.82, 2.24) is 15.2 Å². The molecule has 0 aromatic carbocycles. The maximum atomic E-state index is 10.9. The van der Waals surface area contributed by atoms with Crippen LogP contribution in [0.5, 0.6) is 0 Å². The third kappa shape index (κ3) is 2.69. The topological polar surface area (TPSA) is 75.7 Å². The van der Waals surface area contributed by atoms with Crippen LogP contribution in [0.3, 0.4) is 0 Å². The minimum Gasteiger partial charge on any atom is -0.262 e. The lowest BCUT2D eigenvalue weighted by Crippen LogP contribution is -2.00. The lowest BCUT2D eigenvalue weighted by molar-refractivity contribution is 0.531. The van der Waals surface area contributed by atoms with Crippen LogP contribution in [0.2, 0.25) is 0 Å². The first-order valence-electron chi connectivity index (χ1n) is 4.91. The van der Waals surface area contributed by atoms with Crippen molar-refractivity contribution < 1.29 is 8.42 Å². The van der Waals surface area contributed by atoms with E-state index in [-0.39, 0.29) is 5.16 Å². The average Bonchev–Trinajstić information content (AvgIpc) is 2.73. The van der Waals surface area contributed by atoms with E-state index in [1.165, 1.54) is 25.7 Å². The first-order chi connectivity index (χ1) is 7.05. The fourth-order valence-corrected chi connectivity index (χ4v) is 2.55. The molecule has 1 heterocycles. The number of rotatable bonds is 3. The van der Waals surface area contributed by atoms with Crippen LogP contribution in [0.4, 0.5) is 0 Å². The number of H-pyrrole nitrogens is 1. The predicted molar refractivity (Wildman–Crippen MR) is 55.1 cm³/mol. The van der Waals surface area contributed by atoms with E-state index in [0.29, 0.717) is 11.7 Å². The molecule has 1 fully saturated rings. The molecule has 0 unspecified atom stereocenters. The number of halogens is 1. The van der Waals surface area contributed by atoms with Gasteiger partial charge in [-0.3, -0.25) is 5.10 Å². The minimum atomic E-state index is -3.80. The molecule has 1 saturated carbocycles. The van der Waals surface area contributed by atoms with E-state index in [4.69, 9.17) is 10.7 Å². The van der Waals surface area contributed by atoms with Gasteiger partial charge in [-0.2, -0.15) is 0 Å². The molecule has 7 heteroatoms. The second-order valence-electron chi connectivity index (χ2n) is 3.86. The van der Waals surface area contributed by atoms with Crippen LogP contribution in [-0.2, 0) is 15.5 Å². The zero-order valence-electron chi connectivity index (χ0n) is 8.11. The van der Waals surface area contributed by atoms with Crippen molar-refractivity contribution in [2.75, 3.05) is 0 Å². The largest absolute Gasteiger partial charge is 0.298 e. The Hall–Kier alpha value is -0.620. The Morgan fingerprint density at radius 1 is 1.40 bits per heavy atom. The summed E-state index contributed by atoms with van der Waals surface area (Å²) in [5.41, 5.74) is 0. The van der Waals surface area contributed by atoms with E-state index in [0.717, 1.165) is 6.42 Å². The molecule has 84 valence electrons. The van der Waals surface area contributed by atoms with E-state index in [1.54, 1.807) is 0 Å². The van der Waals surface area contributed by atoms with Gasteiger partial charge >= 0.3 is 0 Å². The van der Waals surface area contributed by atoms with Crippen molar-refractivity contribution in [3.63, 3.8) is 0 Å². The van der Waals surface area contributed by atoms with Crippen molar-refractivity contribution in [3.8, 4) is 0 Å². The molecule has 0 amide bonds. The maximum Gasteiger partial charge on any atom is 0.298 e. The molecule has 1 aromatic heterocycles. The highest BCUT2D eigenvalue weighted by molar-refractivity contribution is 8.13. The lowest BCUT2D eigenvalue weighted by atomic mass is 10.0. The van der Waals surface area contributed by atoms with Crippen LogP contribution in [0.1, 0.15) is 31.5 Å². The first kappa shape index (κ1) is 10.9. The summed E-state index contributed by atoms with van der Waals surface area (Å²) in [5.74, 6) is 1.21. The van der Waals surface area contributed by atoms with Gasteiger partial charge in [-0.1, -0.05) is 25.7 Å². The van der Waals surface area contributed by atoms with Crippen LogP contribution in [0.25, 0.3) is 0 Å². The smallest absolute Gasteiger partial charge is 0.262 e. The van der Waals surface area contributed by atoms with Gasteiger partial charge in [0.25, 0.3) is 14.2 Å². The Balaban J connectivity index is 2.07. The van der Waals surface area contributed by atoms with Crippen molar-refractivity contribution >= 4 is 19.7 Å². The summed E-state index contributed by atoms with van der Waals surface area (Å²) in [6, 6.07) is 0. The van der Waals surface area contributed by atoms with E-state index >= 15 is 0 Å². The summed E-state index contributed by atoms with van der Waals surface area (Å²) in [5, 5.41) is 5.87. The molecular formula is C8H12ClN3O2S. The van der Waals surface area contributed by atoms with Gasteiger partial charge in [-0.05, 0) is 5.92 Å². The Morgan fingerprint density at radius 2 is 2.07 bits per heavy atom. The molecule has 1 aromatic rings. The van der Waals surface area contributed by atoms with E-state index in [9.17, 15) is 8.42 Å². The number of aromatic amines is 1. The summed E-state index contributed by atoms with van der Waals surface area (Å²) >= 11 is 0. The second-order valence-corrected chi connectivity index (χ2v) is 6.32. The average molecular weight is 250 g/mol. The van der Waals surface area contributed by atoms with Gasteiger partial charge in [-0.25, -0.2) is 13.4 Å². The Bertz CT molecular complexity index is 436. The van der Waals surface area contributed by atoms with Crippen LogP contribution in [-0.4, -0.2) is 23.6 Å². The van der Waals surface area contributed by atoms with Gasteiger partial charge in [0.2, 0.25) is 0 Å². The third-order valence-electron chi connectivity index (χ3n) is 2.69. The summed E-state index contributed by atoms with van der Waals surface area (Å²) < 4.78 is 21.8. The highest BCUT2D eigenvalue weighted by Crippen LogP contribution is 2.27. The summed E-state index contributed by atoms with van der Waals surface area (Å²) in [4.78, 5) is 3.86. The molecule has 0 radical (unpaired) electrons. The molecule has 0 spiro atoms. The standard InChI is InChI=1S/C8H12ClN3O2S/c9-15(13,14)8-10-7(11-12-8)5-6-3-1-2-4-6/h6H,1-5H2,(H,10,11,12). The number of hydrogen-bond donors (Lipinski definition) is 1. The van der Waals surface area contributed by atoms with E-state index in [1.807, 2.05) is 0 Å². The Kier molecular flexibility index (Phi) is 2.97. The number of aromatic nitrogens is 3. The lowest BCUT2D eigenvalue weighted by Gasteiger charge is -2.03. The monoisotopic (exact) mass is 249 g/mol. The Labute approximate surface area is 92.7 Å². The zero-order valence-corrected chi connectivity index (χ0v) is 9.68. The second kappa shape index (κ2) is 4.09. The van der Waals surface area contributed by atoms with Gasteiger partial charge in [0.05, 0.1) is 0 Å². The molecular weight excluding hydrogens is 238 g/mol. The maximum absolute atomic E-state index is 10.9. The van der Waals surface area contributed by atoms with Gasteiger partial charge in [0.1, 0.15) is 5.82 Å². The van der Waals surface area contributed by atoms with Crippen molar-refractivity contribution in [2.24, 2.45) is 5.92 Å². The van der Waals surface area contributed by atoms with Crippen molar-refractivity contribution in [2.45, 2.75) is 37.3 Å². The molecule has 1 N–H and O–H groups in total. The number of nitrogens with one attached hydrogen (secondary N) is 1.